The van der Waals surface area contributed by atoms with E-state index in [2.05, 4.69) is 28.1 Å². The van der Waals surface area contributed by atoms with Crippen molar-refractivity contribution < 1.29 is 19.4 Å². The second kappa shape index (κ2) is 13.9. The molecule has 9 nitrogen and oxygen atoms in total. The fourth-order valence-electron chi connectivity index (χ4n) is 6.87. The van der Waals surface area contributed by atoms with Gasteiger partial charge in [0, 0.05) is 68.1 Å². The van der Waals surface area contributed by atoms with Crippen LogP contribution in [0.2, 0.25) is 5.02 Å². The van der Waals surface area contributed by atoms with E-state index in [1.165, 1.54) is 11.8 Å². The number of amides is 2. The molecular weight excluding hydrogens is 638 g/mol. The van der Waals surface area contributed by atoms with Crippen molar-refractivity contribution in [2.24, 2.45) is 7.05 Å². The molecule has 0 radical (unpaired) electrons. The van der Waals surface area contributed by atoms with Crippen LogP contribution in [0.5, 0.6) is 5.75 Å². The quantitative estimate of drug-likeness (QED) is 0.208. The van der Waals surface area contributed by atoms with E-state index in [0.717, 1.165) is 37.3 Å². The first-order valence-electron chi connectivity index (χ1n) is 16.5. The lowest BCUT2D eigenvalue weighted by atomic mass is 9.92. The first-order chi connectivity index (χ1) is 23.8. The van der Waals surface area contributed by atoms with Gasteiger partial charge in [0.2, 0.25) is 0 Å². The number of carbonyl (C=O) groups is 2. The molecule has 4 heterocycles. The first-order valence-corrected chi connectivity index (χ1v) is 16.8. The lowest BCUT2D eigenvalue weighted by Gasteiger charge is -2.40. The fourth-order valence-corrected chi connectivity index (χ4v) is 7.03. The highest BCUT2D eigenvalue weighted by molar-refractivity contribution is 6.31. The van der Waals surface area contributed by atoms with E-state index in [1.54, 1.807) is 35.2 Å². The molecule has 5 aromatic rings. The highest BCUT2D eigenvalue weighted by Gasteiger charge is 2.35. The number of anilines is 2. The van der Waals surface area contributed by atoms with Crippen LogP contribution < -0.4 is 4.90 Å². The highest BCUT2D eigenvalue weighted by atomic mass is 35.5. The molecule has 3 aromatic carbocycles. The summed E-state index contributed by atoms with van der Waals surface area (Å²) >= 11 is 6.56. The van der Waals surface area contributed by atoms with E-state index in [4.69, 9.17) is 16.3 Å². The normalized spacial score (nSPS) is 16.3. The molecule has 2 aromatic heterocycles. The molecule has 0 unspecified atom stereocenters. The molecule has 2 aliphatic rings. The van der Waals surface area contributed by atoms with Gasteiger partial charge >= 0.3 is 0 Å². The molecule has 0 saturated carbocycles. The lowest BCUT2D eigenvalue weighted by molar-refractivity contribution is 0.0191. The molecule has 1 N–H and O–H groups in total. The average molecular weight is 676 g/mol. The summed E-state index contributed by atoms with van der Waals surface area (Å²) in [6.45, 7) is 6.12. The predicted octanol–water partition coefficient (Wildman–Crippen LogP) is 6.63. The second-order valence-electron chi connectivity index (χ2n) is 12.6. The summed E-state index contributed by atoms with van der Waals surface area (Å²) in [7, 11) is 1.88. The third kappa shape index (κ3) is 6.57. The predicted molar refractivity (Wildman–Crippen MR) is 190 cm³/mol. The number of benzene rings is 3. The summed E-state index contributed by atoms with van der Waals surface area (Å²) in [6, 6.07) is 27.7. The van der Waals surface area contributed by atoms with Crippen LogP contribution in [0.1, 0.15) is 37.7 Å². The molecule has 7 rings (SSSR count). The maximum Gasteiger partial charge on any atom is 0.273 e. The monoisotopic (exact) mass is 675 g/mol. The van der Waals surface area contributed by atoms with Gasteiger partial charge in [-0.1, -0.05) is 54.1 Å². The summed E-state index contributed by atoms with van der Waals surface area (Å²) in [4.78, 5) is 39.7. The number of rotatable bonds is 7. The van der Waals surface area contributed by atoms with Crippen LogP contribution in [-0.2, 0) is 24.8 Å². The number of aromatic nitrogens is 2. The molecule has 1 atom stereocenters. The van der Waals surface area contributed by atoms with Gasteiger partial charge in [0.25, 0.3) is 11.8 Å². The van der Waals surface area contributed by atoms with Gasteiger partial charge in [0.15, 0.2) is 0 Å². The number of ether oxygens (including phenoxy) is 1. The molecular formula is C39H38ClN5O4. The topological polar surface area (TPSA) is 91.1 Å². The number of hydrogen-bond donors (Lipinski definition) is 1. The SMILES string of the molecule is Cc1c(C(=O)N(c2ccccc2)c2ccc(O)cc2)cc(-c2cc(Cl)cnc2C(=O)N2Cc3ccccc3C[C@H]2CN2CCOCC2)n1C. The number of morpholine rings is 1. The molecule has 0 bridgehead atoms. The molecule has 0 spiro atoms. The Morgan fingerprint density at radius 2 is 1.61 bits per heavy atom. The molecule has 250 valence electrons. The van der Waals surface area contributed by atoms with Crippen LogP contribution in [0.25, 0.3) is 11.3 Å². The van der Waals surface area contributed by atoms with Crippen molar-refractivity contribution in [1.82, 2.24) is 19.4 Å². The van der Waals surface area contributed by atoms with Gasteiger partial charge in [-0.3, -0.25) is 19.4 Å². The summed E-state index contributed by atoms with van der Waals surface area (Å²) in [5, 5.41) is 10.3. The summed E-state index contributed by atoms with van der Waals surface area (Å²) in [6.07, 6.45) is 2.26. The summed E-state index contributed by atoms with van der Waals surface area (Å²) < 4.78 is 7.50. The molecule has 0 aliphatic carbocycles. The van der Waals surface area contributed by atoms with Crippen LogP contribution >= 0.6 is 11.6 Å². The van der Waals surface area contributed by atoms with Gasteiger partial charge in [-0.25, -0.2) is 4.98 Å². The maximum absolute atomic E-state index is 14.7. The Morgan fingerprint density at radius 3 is 2.35 bits per heavy atom. The summed E-state index contributed by atoms with van der Waals surface area (Å²) in [5.41, 5.74) is 6.35. The third-order valence-corrected chi connectivity index (χ3v) is 9.82. The van der Waals surface area contributed by atoms with Crippen LogP contribution in [0.15, 0.2) is 97.2 Å². The van der Waals surface area contributed by atoms with Crippen molar-refractivity contribution in [3.63, 3.8) is 0 Å². The van der Waals surface area contributed by atoms with Crippen LogP contribution in [0.4, 0.5) is 11.4 Å². The number of halogens is 1. The van der Waals surface area contributed by atoms with Crippen molar-refractivity contribution in [2.45, 2.75) is 25.9 Å². The molecule has 49 heavy (non-hydrogen) atoms. The zero-order chi connectivity index (χ0) is 34.1. The van der Waals surface area contributed by atoms with E-state index in [9.17, 15) is 14.7 Å². The molecule has 10 heteroatoms. The Labute approximate surface area is 290 Å². The number of fused-ring (bicyclic) bond motifs is 1. The maximum atomic E-state index is 14.7. The lowest BCUT2D eigenvalue weighted by Crippen LogP contribution is -2.52. The van der Waals surface area contributed by atoms with E-state index in [1.807, 2.05) is 65.9 Å². The average Bonchev–Trinajstić information content (AvgIpc) is 3.42. The largest absolute Gasteiger partial charge is 0.508 e. The van der Waals surface area contributed by atoms with Crippen LogP contribution in [0, 0.1) is 6.92 Å². The first kappa shape index (κ1) is 32.6. The standard InChI is InChI=1S/C39H38ClN5O4/c1-26-34(38(47)45(30-10-4-3-5-11-30)31-12-14-33(46)15-13-31)22-36(42(26)2)35-21-29(40)23-41-37(35)39(48)44-24-28-9-7-6-8-27(28)20-32(44)25-43-16-18-49-19-17-43/h3-15,21-23,32,46H,16-20,24-25H2,1-2H3/t32-/m0/s1. The number of phenols is 1. The summed E-state index contributed by atoms with van der Waals surface area (Å²) in [5.74, 6) is -0.323. The van der Waals surface area contributed by atoms with Crippen molar-refractivity contribution in [3.8, 4) is 17.0 Å². The van der Waals surface area contributed by atoms with Crippen LogP contribution in [0.3, 0.4) is 0 Å². The molecule has 2 amide bonds. The minimum atomic E-state index is -0.252. The van der Waals surface area contributed by atoms with E-state index in [-0.39, 0.29) is 29.3 Å². The minimum Gasteiger partial charge on any atom is -0.508 e. The molecule has 1 saturated heterocycles. The molecule has 2 aliphatic heterocycles. The van der Waals surface area contributed by atoms with Crippen molar-refractivity contribution in [3.05, 3.63) is 130 Å². The number of para-hydroxylation sites is 1. The fraction of sp³-hybridized carbons (Fsp3) is 0.256. The van der Waals surface area contributed by atoms with Crippen LogP contribution in [-0.4, -0.2) is 75.2 Å². The third-order valence-electron chi connectivity index (χ3n) is 9.61. The number of pyridine rings is 1. The van der Waals surface area contributed by atoms with Crippen molar-refractivity contribution >= 4 is 34.8 Å². The Morgan fingerprint density at radius 1 is 0.939 bits per heavy atom. The van der Waals surface area contributed by atoms with E-state index in [0.29, 0.717) is 53.0 Å². The minimum absolute atomic E-state index is 0.0529. The van der Waals surface area contributed by atoms with Gasteiger partial charge in [-0.05, 0) is 73.0 Å². The highest BCUT2D eigenvalue weighted by Crippen LogP contribution is 2.35. The Bertz CT molecular complexity index is 1990. The zero-order valence-corrected chi connectivity index (χ0v) is 28.3. The molecule has 1 fully saturated rings. The van der Waals surface area contributed by atoms with Crippen molar-refractivity contribution in [1.29, 1.82) is 0 Å². The van der Waals surface area contributed by atoms with Gasteiger partial charge in [-0.2, -0.15) is 0 Å². The van der Waals surface area contributed by atoms with E-state index < -0.39 is 0 Å². The number of hydrogen-bond acceptors (Lipinski definition) is 6. The number of phenolic OH excluding ortho intramolecular Hbond substituents is 1. The van der Waals surface area contributed by atoms with Gasteiger partial charge in [0.1, 0.15) is 11.4 Å². The number of carbonyl (C=O) groups excluding carboxylic acids is 2. The number of aromatic hydroxyl groups is 1. The zero-order valence-electron chi connectivity index (χ0n) is 27.6. The smallest absolute Gasteiger partial charge is 0.273 e. The number of nitrogens with zero attached hydrogens (tertiary/aromatic N) is 5. The van der Waals surface area contributed by atoms with Gasteiger partial charge in [0.05, 0.1) is 29.5 Å². The van der Waals surface area contributed by atoms with Crippen molar-refractivity contribution in [2.75, 3.05) is 37.7 Å². The Hall–Kier alpha value is -4.96. The Balaban J connectivity index is 1.27. The van der Waals surface area contributed by atoms with Gasteiger partial charge in [-0.15, -0.1) is 0 Å². The Kier molecular flexibility index (Phi) is 9.23. The van der Waals surface area contributed by atoms with E-state index >= 15 is 0 Å². The van der Waals surface area contributed by atoms with Gasteiger partial charge < -0.3 is 19.3 Å². The second-order valence-corrected chi connectivity index (χ2v) is 13.0.